The number of rotatable bonds is 9. The summed E-state index contributed by atoms with van der Waals surface area (Å²) >= 11 is 0. The van der Waals surface area contributed by atoms with Crippen LogP contribution >= 0.6 is 0 Å². The molecule has 140 valence electrons. The van der Waals surface area contributed by atoms with Crippen molar-refractivity contribution in [2.45, 2.75) is 32.2 Å². The largest absolute Gasteiger partial charge is 0.384 e. The van der Waals surface area contributed by atoms with E-state index in [0.717, 1.165) is 53.6 Å². The van der Waals surface area contributed by atoms with Crippen molar-refractivity contribution in [1.29, 1.82) is 0 Å². The molecular weight excluding hydrogens is 350 g/mol. The third-order valence-electron chi connectivity index (χ3n) is 4.49. The minimum absolute atomic E-state index is 0.251. The Labute approximate surface area is 154 Å². The number of sulfone groups is 1. The smallest absolute Gasteiger partial charge is 0.147 e. The van der Waals surface area contributed by atoms with Crippen LogP contribution in [-0.4, -0.2) is 48.7 Å². The Kier molecular flexibility index (Phi) is 5.88. The Morgan fingerprint density at radius 1 is 1.12 bits per heavy atom. The van der Waals surface area contributed by atoms with Gasteiger partial charge >= 0.3 is 0 Å². The van der Waals surface area contributed by atoms with Gasteiger partial charge in [0, 0.05) is 37.5 Å². The number of aryl methyl sites for hydroxylation is 1. The molecule has 0 saturated carbocycles. The van der Waals surface area contributed by atoms with Gasteiger partial charge in [-0.3, -0.25) is 4.98 Å². The summed E-state index contributed by atoms with van der Waals surface area (Å²) in [6, 6.07) is 8.08. The van der Waals surface area contributed by atoms with Gasteiger partial charge in [-0.25, -0.2) is 13.4 Å². The molecule has 0 spiro atoms. The Bertz CT molecular complexity index is 996. The molecule has 0 aliphatic carbocycles. The zero-order valence-electron chi connectivity index (χ0n) is 15.3. The summed E-state index contributed by atoms with van der Waals surface area (Å²) in [5.74, 6) is 1.24. The molecule has 0 saturated heterocycles. The fourth-order valence-corrected chi connectivity index (χ4v) is 3.97. The Hall–Kier alpha value is -1.99. The highest BCUT2D eigenvalue weighted by Gasteiger charge is 2.14. The molecule has 2 heterocycles. The van der Waals surface area contributed by atoms with E-state index >= 15 is 0 Å². The molecule has 0 bridgehead atoms. The van der Waals surface area contributed by atoms with Gasteiger partial charge in [0.25, 0.3) is 0 Å². The molecule has 3 rings (SSSR count). The lowest BCUT2D eigenvalue weighted by Crippen LogP contribution is -2.08. The molecule has 0 atom stereocenters. The summed E-state index contributed by atoms with van der Waals surface area (Å²) in [5, 5.41) is 1.09. The summed E-state index contributed by atoms with van der Waals surface area (Å²) in [5.41, 5.74) is 2.95. The highest BCUT2D eigenvalue weighted by molar-refractivity contribution is 7.90. The molecule has 0 fully saturated rings. The number of benzene rings is 1. The third-order valence-corrected chi connectivity index (χ3v) is 5.52. The van der Waals surface area contributed by atoms with Crippen molar-refractivity contribution in [3.63, 3.8) is 0 Å². The predicted octanol–water partition coefficient (Wildman–Crippen LogP) is 2.99. The first-order valence-corrected chi connectivity index (χ1v) is 10.9. The van der Waals surface area contributed by atoms with Crippen LogP contribution in [0.1, 0.15) is 25.1 Å². The maximum atomic E-state index is 11.3. The fraction of sp³-hybridized carbons (Fsp3) is 0.474. The maximum absolute atomic E-state index is 11.3. The zero-order chi connectivity index (χ0) is 18.6. The van der Waals surface area contributed by atoms with Gasteiger partial charge in [0.15, 0.2) is 0 Å². The molecule has 1 aromatic carbocycles. The van der Waals surface area contributed by atoms with Gasteiger partial charge in [-0.05, 0) is 18.9 Å². The van der Waals surface area contributed by atoms with Crippen molar-refractivity contribution < 1.29 is 13.2 Å². The quantitative estimate of drug-likeness (QED) is 0.538. The highest BCUT2D eigenvalue weighted by Crippen LogP contribution is 2.25. The van der Waals surface area contributed by atoms with E-state index in [1.807, 2.05) is 24.4 Å². The van der Waals surface area contributed by atoms with E-state index in [-0.39, 0.29) is 5.75 Å². The van der Waals surface area contributed by atoms with Gasteiger partial charge in [-0.15, -0.1) is 0 Å². The maximum Gasteiger partial charge on any atom is 0.147 e. The van der Waals surface area contributed by atoms with E-state index in [1.165, 1.54) is 6.26 Å². The van der Waals surface area contributed by atoms with E-state index in [1.54, 1.807) is 7.11 Å². The van der Waals surface area contributed by atoms with E-state index in [2.05, 4.69) is 15.6 Å². The minimum Gasteiger partial charge on any atom is -0.384 e. The van der Waals surface area contributed by atoms with Crippen molar-refractivity contribution in [1.82, 2.24) is 14.5 Å². The first kappa shape index (κ1) is 18.8. The van der Waals surface area contributed by atoms with E-state index < -0.39 is 9.84 Å². The number of unbranched alkanes of at least 4 members (excludes halogenated alkanes) is 2. The minimum atomic E-state index is -2.89. The van der Waals surface area contributed by atoms with E-state index in [9.17, 15) is 8.42 Å². The van der Waals surface area contributed by atoms with Gasteiger partial charge in [0.2, 0.25) is 0 Å². The normalized spacial score (nSPS) is 12.2. The number of fused-ring (bicyclic) bond motifs is 3. The number of methoxy groups -OCH3 is 1. The molecule has 0 N–H and O–H groups in total. The molecule has 6 nitrogen and oxygen atoms in total. The number of pyridine rings is 1. The number of aromatic nitrogens is 3. The van der Waals surface area contributed by atoms with Crippen molar-refractivity contribution in [3.05, 3.63) is 36.3 Å². The summed E-state index contributed by atoms with van der Waals surface area (Å²) in [6.45, 7) is 1.43. The van der Waals surface area contributed by atoms with Crippen LogP contribution in [0.4, 0.5) is 0 Å². The average Bonchev–Trinajstić information content (AvgIpc) is 2.96. The molecule has 0 aliphatic heterocycles. The van der Waals surface area contributed by atoms with E-state index in [0.29, 0.717) is 13.0 Å². The first-order valence-electron chi connectivity index (χ1n) is 8.89. The number of hydrogen-bond donors (Lipinski definition) is 0. The van der Waals surface area contributed by atoms with Crippen molar-refractivity contribution in [3.8, 4) is 0 Å². The average molecular weight is 375 g/mol. The fourth-order valence-electron chi connectivity index (χ4n) is 3.25. The second-order valence-corrected chi connectivity index (χ2v) is 8.88. The number of ether oxygens (including phenoxy) is 1. The van der Waals surface area contributed by atoms with Crippen molar-refractivity contribution >= 4 is 31.8 Å². The number of hydrogen-bond acceptors (Lipinski definition) is 5. The Morgan fingerprint density at radius 2 is 1.92 bits per heavy atom. The SMILES string of the molecule is COCCc1nc2cnc3ccccc3c2n1CCCCCS(C)(=O)=O. The number of nitrogens with zero attached hydrogens (tertiary/aromatic N) is 3. The highest BCUT2D eigenvalue weighted by atomic mass is 32.2. The van der Waals surface area contributed by atoms with E-state index in [4.69, 9.17) is 9.72 Å². The second kappa shape index (κ2) is 8.14. The van der Waals surface area contributed by atoms with Gasteiger partial charge in [-0.1, -0.05) is 24.6 Å². The molecule has 26 heavy (non-hydrogen) atoms. The standard InChI is InChI=1S/C19H25N3O3S/c1-25-12-10-18-21-17-14-20-16-9-5-4-8-15(16)19(17)22(18)11-6-3-7-13-26(2,23)24/h4-5,8-9,14H,3,6-7,10-13H2,1-2H3. The van der Waals surface area contributed by atoms with Crippen LogP contribution < -0.4 is 0 Å². The van der Waals surface area contributed by atoms with Crippen LogP contribution in [0.15, 0.2) is 30.5 Å². The van der Waals surface area contributed by atoms with Crippen LogP contribution in [0.5, 0.6) is 0 Å². The Morgan fingerprint density at radius 3 is 2.69 bits per heavy atom. The third kappa shape index (κ3) is 4.40. The molecule has 0 aliphatic rings. The van der Waals surface area contributed by atoms with Gasteiger partial charge < -0.3 is 9.30 Å². The summed E-state index contributed by atoms with van der Waals surface area (Å²) < 4.78 is 30.0. The predicted molar refractivity (Wildman–Crippen MR) is 104 cm³/mol. The Balaban J connectivity index is 1.88. The topological polar surface area (TPSA) is 74.1 Å². The zero-order valence-corrected chi connectivity index (χ0v) is 16.1. The molecule has 0 radical (unpaired) electrons. The molecule has 0 unspecified atom stereocenters. The van der Waals surface area contributed by atoms with Crippen LogP contribution in [0.3, 0.4) is 0 Å². The van der Waals surface area contributed by atoms with Crippen LogP contribution in [0.2, 0.25) is 0 Å². The number of imidazole rings is 1. The summed E-state index contributed by atoms with van der Waals surface area (Å²) in [4.78, 5) is 9.27. The van der Waals surface area contributed by atoms with Crippen LogP contribution in [0.25, 0.3) is 21.9 Å². The van der Waals surface area contributed by atoms with Crippen LogP contribution in [-0.2, 0) is 27.5 Å². The summed E-state index contributed by atoms with van der Waals surface area (Å²) in [7, 11) is -1.20. The molecular formula is C19H25N3O3S. The molecule has 0 amide bonds. The molecule has 2 aromatic heterocycles. The number of para-hydroxylation sites is 1. The van der Waals surface area contributed by atoms with Gasteiger partial charge in [-0.2, -0.15) is 0 Å². The monoisotopic (exact) mass is 375 g/mol. The van der Waals surface area contributed by atoms with Crippen LogP contribution in [0, 0.1) is 0 Å². The lowest BCUT2D eigenvalue weighted by molar-refractivity contribution is 0.199. The van der Waals surface area contributed by atoms with Gasteiger partial charge in [0.05, 0.1) is 23.8 Å². The van der Waals surface area contributed by atoms with Gasteiger partial charge in [0.1, 0.15) is 21.2 Å². The lowest BCUT2D eigenvalue weighted by Gasteiger charge is -2.10. The first-order chi connectivity index (χ1) is 12.5. The molecule has 3 aromatic rings. The van der Waals surface area contributed by atoms with Crippen molar-refractivity contribution in [2.24, 2.45) is 0 Å². The molecule has 7 heteroatoms. The lowest BCUT2D eigenvalue weighted by atomic mass is 10.2. The summed E-state index contributed by atoms with van der Waals surface area (Å²) in [6.07, 6.45) is 6.34. The van der Waals surface area contributed by atoms with Crippen molar-refractivity contribution in [2.75, 3.05) is 25.7 Å². The second-order valence-electron chi connectivity index (χ2n) is 6.62.